The molecule has 0 spiro atoms. The van der Waals surface area contributed by atoms with E-state index >= 15 is 0 Å². The van der Waals surface area contributed by atoms with E-state index in [0.29, 0.717) is 11.8 Å². The molecule has 1 aliphatic carbocycles. The third-order valence-corrected chi connectivity index (χ3v) is 3.56. The van der Waals surface area contributed by atoms with Gasteiger partial charge in [-0.05, 0) is 47.4 Å². The van der Waals surface area contributed by atoms with Crippen LogP contribution in [0.1, 0.15) is 69.2 Å². The van der Waals surface area contributed by atoms with Crippen molar-refractivity contribution in [1.82, 2.24) is 4.98 Å². The van der Waals surface area contributed by atoms with Crippen LogP contribution in [0.2, 0.25) is 0 Å². The highest BCUT2D eigenvalue weighted by Crippen LogP contribution is 2.29. The van der Waals surface area contributed by atoms with Crippen molar-refractivity contribution >= 4 is 5.57 Å². The largest absolute Gasteiger partial charge is 0.256 e. The second-order valence-electron chi connectivity index (χ2n) is 5.67. The summed E-state index contributed by atoms with van der Waals surface area (Å²) in [5.74, 6) is 1.10. The molecule has 1 heteroatoms. The molecule has 2 rings (SSSR count). The van der Waals surface area contributed by atoms with E-state index in [-0.39, 0.29) is 0 Å². The van der Waals surface area contributed by atoms with Crippen LogP contribution in [-0.4, -0.2) is 4.98 Å². The van der Waals surface area contributed by atoms with Crippen molar-refractivity contribution < 1.29 is 0 Å². The molecular weight excluding hydrogens is 218 g/mol. The van der Waals surface area contributed by atoms with Gasteiger partial charge >= 0.3 is 0 Å². The second-order valence-corrected chi connectivity index (χ2v) is 5.67. The van der Waals surface area contributed by atoms with Gasteiger partial charge in [0.15, 0.2) is 0 Å². The normalized spacial score (nSPS) is 15.3. The lowest BCUT2D eigenvalue weighted by atomic mass is 9.90. The van der Waals surface area contributed by atoms with E-state index in [1.54, 1.807) is 0 Å². The molecule has 0 atom stereocenters. The number of hydrogen-bond acceptors (Lipinski definition) is 1. The molecule has 0 radical (unpaired) electrons. The Morgan fingerprint density at radius 3 is 2.33 bits per heavy atom. The zero-order chi connectivity index (χ0) is 13.1. The van der Waals surface area contributed by atoms with Gasteiger partial charge in [-0.15, -0.1) is 0 Å². The van der Waals surface area contributed by atoms with E-state index in [2.05, 4.69) is 63.2 Å². The van der Waals surface area contributed by atoms with E-state index in [0.717, 1.165) is 18.5 Å². The molecule has 1 heterocycles. The van der Waals surface area contributed by atoms with Crippen LogP contribution in [0.25, 0.3) is 5.57 Å². The highest BCUT2D eigenvalue weighted by atomic mass is 14.7. The summed E-state index contributed by atoms with van der Waals surface area (Å²) in [7, 11) is 0. The molecule has 1 nitrogen and oxygen atoms in total. The summed E-state index contributed by atoms with van der Waals surface area (Å²) in [5.41, 5.74) is 5.37. The fraction of sp³-hybridized carbons (Fsp3) is 0.471. The van der Waals surface area contributed by atoms with E-state index < -0.39 is 0 Å². The quantitative estimate of drug-likeness (QED) is 0.720. The lowest BCUT2D eigenvalue weighted by Crippen LogP contribution is -2.03. The number of allylic oxidation sites excluding steroid dienone is 4. The Morgan fingerprint density at radius 1 is 1.06 bits per heavy atom. The summed E-state index contributed by atoms with van der Waals surface area (Å²) < 4.78 is 0. The van der Waals surface area contributed by atoms with Crippen LogP contribution >= 0.6 is 0 Å². The number of nitrogens with zero attached hydrogens (tertiary/aromatic N) is 1. The van der Waals surface area contributed by atoms with Crippen LogP contribution in [-0.2, 0) is 0 Å². The fourth-order valence-corrected chi connectivity index (χ4v) is 2.46. The summed E-state index contributed by atoms with van der Waals surface area (Å²) in [6.07, 6.45) is 10.9. The van der Waals surface area contributed by atoms with E-state index in [1.165, 1.54) is 16.7 Å². The highest BCUT2D eigenvalue weighted by Gasteiger charge is 2.13. The second kappa shape index (κ2) is 5.51. The molecule has 0 saturated heterocycles. The van der Waals surface area contributed by atoms with Crippen molar-refractivity contribution in [1.29, 1.82) is 0 Å². The Hall–Kier alpha value is -1.37. The Kier molecular flexibility index (Phi) is 4.00. The third kappa shape index (κ3) is 2.72. The average molecular weight is 241 g/mol. The Labute approximate surface area is 111 Å². The SMILES string of the molecule is CC(C)c1cnc(C2=CC=CCC2)cc1C(C)C. The number of aromatic nitrogens is 1. The van der Waals surface area contributed by atoms with Crippen LogP contribution in [0.3, 0.4) is 0 Å². The van der Waals surface area contributed by atoms with Gasteiger partial charge in [0.25, 0.3) is 0 Å². The molecule has 0 unspecified atom stereocenters. The van der Waals surface area contributed by atoms with Gasteiger partial charge in [-0.3, -0.25) is 4.98 Å². The van der Waals surface area contributed by atoms with E-state index in [4.69, 9.17) is 0 Å². The first-order chi connectivity index (χ1) is 8.59. The van der Waals surface area contributed by atoms with Crippen LogP contribution in [0.4, 0.5) is 0 Å². The van der Waals surface area contributed by atoms with Gasteiger partial charge in [0.1, 0.15) is 0 Å². The van der Waals surface area contributed by atoms with Crippen molar-refractivity contribution in [3.05, 3.63) is 47.3 Å². The topological polar surface area (TPSA) is 12.9 Å². The summed E-state index contributed by atoms with van der Waals surface area (Å²) >= 11 is 0. The van der Waals surface area contributed by atoms with Crippen LogP contribution < -0.4 is 0 Å². The maximum absolute atomic E-state index is 4.66. The Bertz CT molecular complexity index is 478. The third-order valence-electron chi connectivity index (χ3n) is 3.56. The molecule has 0 saturated carbocycles. The molecule has 0 aliphatic heterocycles. The molecule has 1 aromatic rings. The minimum atomic E-state index is 0.546. The maximum atomic E-state index is 4.66. The maximum Gasteiger partial charge on any atom is 0.0664 e. The van der Waals surface area contributed by atoms with E-state index in [1.807, 2.05) is 0 Å². The van der Waals surface area contributed by atoms with Crippen LogP contribution in [0.15, 0.2) is 30.5 Å². The molecule has 0 bridgehead atoms. The molecule has 0 amide bonds. The Morgan fingerprint density at radius 2 is 1.78 bits per heavy atom. The fourth-order valence-electron chi connectivity index (χ4n) is 2.46. The van der Waals surface area contributed by atoms with Crippen LogP contribution in [0, 0.1) is 0 Å². The van der Waals surface area contributed by atoms with Crippen molar-refractivity contribution in [3.8, 4) is 0 Å². The molecule has 1 aromatic heterocycles. The smallest absolute Gasteiger partial charge is 0.0664 e. The van der Waals surface area contributed by atoms with Crippen molar-refractivity contribution in [2.24, 2.45) is 0 Å². The number of hydrogen-bond donors (Lipinski definition) is 0. The van der Waals surface area contributed by atoms with Gasteiger partial charge in [-0.1, -0.05) is 45.9 Å². The average Bonchev–Trinajstić information content (AvgIpc) is 2.39. The van der Waals surface area contributed by atoms with Crippen molar-refractivity contribution in [2.45, 2.75) is 52.4 Å². The first-order valence-electron chi connectivity index (χ1n) is 6.95. The summed E-state index contributed by atoms with van der Waals surface area (Å²) in [5, 5.41) is 0. The van der Waals surface area contributed by atoms with Gasteiger partial charge in [-0.25, -0.2) is 0 Å². The Balaban J connectivity index is 2.43. The molecule has 96 valence electrons. The summed E-state index contributed by atoms with van der Waals surface area (Å²) in [6.45, 7) is 9.01. The molecular formula is C17H23N. The predicted octanol–water partition coefficient (Wildman–Crippen LogP) is 5.06. The molecule has 0 aromatic carbocycles. The zero-order valence-corrected chi connectivity index (χ0v) is 11.9. The van der Waals surface area contributed by atoms with Gasteiger partial charge in [-0.2, -0.15) is 0 Å². The lowest BCUT2D eigenvalue weighted by Gasteiger charge is -2.18. The van der Waals surface area contributed by atoms with Gasteiger partial charge in [0, 0.05) is 6.20 Å². The standard InChI is InChI=1S/C17H23N/c1-12(2)15-10-17(14-8-6-5-7-9-14)18-11-16(15)13(3)4/h5-6,8,10-13H,7,9H2,1-4H3. The molecule has 1 aliphatic rings. The summed E-state index contributed by atoms with van der Waals surface area (Å²) in [4.78, 5) is 4.66. The number of rotatable bonds is 3. The minimum Gasteiger partial charge on any atom is -0.256 e. The van der Waals surface area contributed by atoms with Gasteiger partial charge < -0.3 is 0 Å². The monoisotopic (exact) mass is 241 g/mol. The van der Waals surface area contributed by atoms with E-state index in [9.17, 15) is 0 Å². The predicted molar refractivity (Wildman–Crippen MR) is 78.8 cm³/mol. The first-order valence-corrected chi connectivity index (χ1v) is 6.95. The molecule has 0 fully saturated rings. The zero-order valence-electron chi connectivity index (χ0n) is 11.9. The first kappa shape index (κ1) is 13.1. The highest BCUT2D eigenvalue weighted by molar-refractivity contribution is 5.66. The van der Waals surface area contributed by atoms with Crippen molar-refractivity contribution in [3.63, 3.8) is 0 Å². The summed E-state index contributed by atoms with van der Waals surface area (Å²) in [6, 6.07) is 2.30. The lowest BCUT2D eigenvalue weighted by molar-refractivity contribution is 0.781. The van der Waals surface area contributed by atoms with Gasteiger partial charge in [0.05, 0.1) is 5.69 Å². The van der Waals surface area contributed by atoms with Crippen molar-refractivity contribution in [2.75, 3.05) is 0 Å². The molecule has 18 heavy (non-hydrogen) atoms. The minimum absolute atomic E-state index is 0.546. The van der Waals surface area contributed by atoms with Crippen LogP contribution in [0.5, 0.6) is 0 Å². The van der Waals surface area contributed by atoms with Gasteiger partial charge in [0.2, 0.25) is 0 Å². The molecule has 0 N–H and O–H groups in total. The number of pyridine rings is 1.